The number of H-pyrrole nitrogens is 1. The van der Waals surface area contributed by atoms with Gasteiger partial charge in [0.1, 0.15) is 18.2 Å². The molecule has 0 saturated heterocycles. The number of imidazole rings is 1. The molecule has 0 unspecified atom stereocenters. The van der Waals surface area contributed by atoms with Gasteiger partial charge in [-0.2, -0.15) is 0 Å². The molecule has 9 heteroatoms. The zero-order chi connectivity index (χ0) is 25.7. The van der Waals surface area contributed by atoms with Gasteiger partial charge in [-0.1, -0.05) is 30.3 Å². The van der Waals surface area contributed by atoms with Crippen LogP contribution in [-0.4, -0.2) is 31.2 Å². The number of hydrogen-bond acceptors (Lipinski definition) is 6. The number of fused-ring (bicyclic) bond motifs is 1. The van der Waals surface area contributed by atoms with Crippen molar-refractivity contribution in [2.45, 2.75) is 45.3 Å². The molecule has 0 fully saturated rings. The highest BCUT2D eigenvalue weighted by molar-refractivity contribution is 5.89. The highest BCUT2D eigenvalue weighted by Gasteiger charge is 2.15. The van der Waals surface area contributed by atoms with Crippen LogP contribution in [0.2, 0.25) is 0 Å². The van der Waals surface area contributed by atoms with E-state index in [1.807, 2.05) is 37.3 Å². The van der Waals surface area contributed by atoms with Gasteiger partial charge in [-0.05, 0) is 56.0 Å². The van der Waals surface area contributed by atoms with Gasteiger partial charge in [0, 0.05) is 20.5 Å². The number of aromatic amines is 1. The second kappa shape index (κ2) is 11.1. The molecule has 0 radical (unpaired) electrons. The molecule has 0 saturated carbocycles. The van der Waals surface area contributed by atoms with Gasteiger partial charge in [-0.15, -0.1) is 0 Å². The molecule has 36 heavy (non-hydrogen) atoms. The Labute approximate surface area is 208 Å². The molecule has 0 aliphatic heterocycles. The predicted molar refractivity (Wildman–Crippen MR) is 136 cm³/mol. The third-order valence-corrected chi connectivity index (χ3v) is 6.13. The minimum Gasteiger partial charge on any atom is -0.489 e. The molecular weight excluding hydrogens is 460 g/mol. The maximum Gasteiger partial charge on any atom is 0.338 e. The average molecular weight is 491 g/mol. The van der Waals surface area contributed by atoms with Crippen LogP contribution in [0.1, 0.15) is 47.9 Å². The molecule has 4 aromatic rings. The van der Waals surface area contributed by atoms with Crippen LogP contribution in [0.25, 0.3) is 11.2 Å². The summed E-state index contributed by atoms with van der Waals surface area (Å²) in [6.07, 6.45) is 2.73. The minimum absolute atomic E-state index is 0.240. The number of rotatable bonds is 10. The van der Waals surface area contributed by atoms with Crippen LogP contribution < -0.4 is 16.0 Å². The Hall–Kier alpha value is -4.14. The molecule has 1 N–H and O–H groups in total. The van der Waals surface area contributed by atoms with Gasteiger partial charge in [-0.3, -0.25) is 14.3 Å². The van der Waals surface area contributed by atoms with Crippen molar-refractivity contribution < 1.29 is 14.3 Å². The van der Waals surface area contributed by atoms with E-state index < -0.39 is 11.2 Å². The standard InChI is InChI=1S/C27H30N4O5/c1-18(9-7-8-12-22-28-24-23(30(22)2)25(32)29-27(34)31(24)3)36-26(33)20-13-15-21(16-14-20)35-17-19-10-5-4-6-11-19/h4-6,10-11,13-16,18H,7-9,12,17H2,1-3H3,(H,29,32,34)/t18-/m1/s1. The molecule has 9 nitrogen and oxygen atoms in total. The van der Waals surface area contributed by atoms with E-state index in [1.165, 1.54) is 4.57 Å². The predicted octanol–water partition coefficient (Wildman–Crippen LogP) is 3.50. The maximum absolute atomic E-state index is 12.5. The number of nitrogens with zero attached hydrogens (tertiary/aromatic N) is 3. The quantitative estimate of drug-likeness (QED) is 0.269. The molecule has 1 atom stereocenters. The fourth-order valence-corrected chi connectivity index (χ4v) is 4.03. The Morgan fingerprint density at radius 3 is 2.44 bits per heavy atom. The zero-order valence-electron chi connectivity index (χ0n) is 20.7. The van der Waals surface area contributed by atoms with E-state index in [0.29, 0.717) is 41.9 Å². The average Bonchev–Trinajstić information content (AvgIpc) is 3.21. The summed E-state index contributed by atoms with van der Waals surface area (Å²) < 4.78 is 14.4. The van der Waals surface area contributed by atoms with Gasteiger partial charge in [0.15, 0.2) is 11.2 Å². The number of ether oxygens (including phenoxy) is 2. The summed E-state index contributed by atoms with van der Waals surface area (Å²) in [5.74, 6) is 1.05. The van der Waals surface area contributed by atoms with Crippen molar-refractivity contribution in [3.63, 3.8) is 0 Å². The Balaban J connectivity index is 1.23. The van der Waals surface area contributed by atoms with Crippen LogP contribution in [0.3, 0.4) is 0 Å². The van der Waals surface area contributed by atoms with Crippen LogP contribution in [0.15, 0.2) is 64.2 Å². The number of benzene rings is 2. The first kappa shape index (κ1) is 25.0. The van der Waals surface area contributed by atoms with E-state index in [2.05, 4.69) is 9.97 Å². The number of esters is 1. The first-order valence-electron chi connectivity index (χ1n) is 12.0. The number of aryl methyl sites for hydroxylation is 3. The molecule has 2 heterocycles. The number of carbonyl (C=O) groups excluding carboxylic acids is 1. The van der Waals surface area contributed by atoms with Crippen molar-refractivity contribution in [3.8, 4) is 5.75 Å². The van der Waals surface area contributed by atoms with Crippen LogP contribution >= 0.6 is 0 Å². The van der Waals surface area contributed by atoms with Crippen molar-refractivity contribution in [2.24, 2.45) is 14.1 Å². The molecule has 0 spiro atoms. The lowest BCUT2D eigenvalue weighted by Gasteiger charge is -2.13. The van der Waals surface area contributed by atoms with E-state index in [0.717, 1.165) is 24.2 Å². The van der Waals surface area contributed by atoms with Crippen LogP contribution in [0.4, 0.5) is 0 Å². The highest BCUT2D eigenvalue weighted by atomic mass is 16.5. The maximum atomic E-state index is 12.5. The molecule has 2 aromatic heterocycles. The van der Waals surface area contributed by atoms with E-state index in [1.54, 1.807) is 42.9 Å². The van der Waals surface area contributed by atoms with Gasteiger partial charge >= 0.3 is 11.7 Å². The van der Waals surface area contributed by atoms with Gasteiger partial charge in [0.2, 0.25) is 0 Å². The summed E-state index contributed by atoms with van der Waals surface area (Å²) in [5.41, 5.74) is 1.38. The molecule has 0 bridgehead atoms. The monoisotopic (exact) mass is 490 g/mol. The first-order valence-corrected chi connectivity index (χ1v) is 12.0. The second-order valence-corrected chi connectivity index (χ2v) is 8.84. The summed E-state index contributed by atoms with van der Waals surface area (Å²) in [6.45, 7) is 2.34. The second-order valence-electron chi connectivity index (χ2n) is 8.84. The Morgan fingerprint density at radius 2 is 1.72 bits per heavy atom. The third-order valence-electron chi connectivity index (χ3n) is 6.13. The fraction of sp³-hybridized carbons (Fsp3) is 0.333. The van der Waals surface area contributed by atoms with E-state index in [-0.39, 0.29) is 12.1 Å². The fourth-order valence-electron chi connectivity index (χ4n) is 4.03. The van der Waals surface area contributed by atoms with Crippen molar-refractivity contribution in [3.05, 3.63) is 92.4 Å². The van der Waals surface area contributed by atoms with E-state index in [4.69, 9.17) is 9.47 Å². The van der Waals surface area contributed by atoms with E-state index in [9.17, 15) is 14.4 Å². The number of nitrogens with one attached hydrogen (secondary N) is 1. The minimum atomic E-state index is -0.484. The summed E-state index contributed by atoms with van der Waals surface area (Å²) in [6, 6.07) is 16.8. The lowest BCUT2D eigenvalue weighted by Crippen LogP contribution is -2.29. The number of carbonyl (C=O) groups is 1. The molecule has 2 aromatic carbocycles. The van der Waals surface area contributed by atoms with Gasteiger partial charge < -0.3 is 14.0 Å². The first-order chi connectivity index (χ1) is 17.3. The Kier molecular flexibility index (Phi) is 7.68. The molecule has 188 valence electrons. The summed E-state index contributed by atoms with van der Waals surface area (Å²) in [4.78, 5) is 43.2. The summed E-state index contributed by atoms with van der Waals surface area (Å²) in [5, 5.41) is 0. The summed E-state index contributed by atoms with van der Waals surface area (Å²) >= 11 is 0. The van der Waals surface area contributed by atoms with Gasteiger partial charge in [-0.25, -0.2) is 14.6 Å². The SMILES string of the molecule is C[C@H](CCCCc1nc2c(c(=O)[nH]c(=O)n2C)n1C)OC(=O)c1ccc(OCc2ccccc2)cc1. The normalized spacial score (nSPS) is 12.0. The van der Waals surface area contributed by atoms with Gasteiger partial charge in [0.25, 0.3) is 5.56 Å². The van der Waals surface area contributed by atoms with Crippen molar-refractivity contribution >= 4 is 17.1 Å². The lowest BCUT2D eigenvalue weighted by molar-refractivity contribution is 0.0319. The smallest absolute Gasteiger partial charge is 0.338 e. The molecular formula is C27H30N4O5. The molecule has 0 aliphatic rings. The summed E-state index contributed by atoms with van der Waals surface area (Å²) in [7, 11) is 3.35. The molecule has 4 rings (SSSR count). The van der Waals surface area contributed by atoms with Gasteiger partial charge in [0.05, 0.1) is 11.7 Å². The number of aromatic nitrogens is 4. The van der Waals surface area contributed by atoms with E-state index >= 15 is 0 Å². The molecule has 0 aliphatic carbocycles. The third kappa shape index (κ3) is 5.73. The van der Waals surface area contributed by atoms with Crippen LogP contribution in [-0.2, 0) is 31.9 Å². The Bertz CT molecular complexity index is 1450. The zero-order valence-corrected chi connectivity index (χ0v) is 20.7. The van der Waals surface area contributed by atoms with Crippen LogP contribution in [0, 0.1) is 0 Å². The van der Waals surface area contributed by atoms with Crippen LogP contribution in [0.5, 0.6) is 5.75 Å². The lowest BCUT2D eigenvalue weighted by atomic mass is 10.1. The molecule has 0 amide bonds. The topological polar surface area (TPSA) is 108 Å². The Morgan fingerprint density at radius 1 is 1.00 bits per heavy atom. The van der Waals surface area contributed by atoms with Crippen molar-refractivity contribution in [1.29, 1.82) is 0 Å². The largest absolute Gasteiger partial charge is 0.489 e. The van der Waals surface area contributed by atoms with Crippen molar-refractivity contribution in [1.82, 2.24) is 19.1 Å². The highest BCUT2D eigenvalue weighted by Crippen LogP contribution is 2.17. The van der Waals surface area contributed by atoms with Crippen molar-refractivity contribution in [2.75, 3.05) is 0 Å². The number of unbranched alkanes of at least 4 members (excludes halogenated alkanes) is 1. The number of hydrogen-bond donors (Lipinski definition) is 1.